The second-order valence-corrected chi connectivity index (χ2v) is 7.07. The van der Waals surface area contributed by atoms with E-state index in [0.29, 0.717) is 18.1 Å². The van der Waals surface area contributed by atoms with Crippen molar-refractivity contribution in [1.29, 1.82) is 0 Å². The van der Waals surface area contributed by atoms with E-state index >= 15 is 0 Å². The Bertz CT molecular complexity index is 626. The third-order valence-corrected chi connectivity index (χ3v) is 4.90. The van der Waals surface area contributed by atoms with E-state index in [1.165, 1.54) is 24.8 Å². The zero-order valence-electron chi connectivity index (χ0n) is 15.4. The van der Waals surface area contributed by atoms with Crippen molar-refractivity contribution in [2.75, 3.05) is 6.54 Å². The van der Waals surface area contributed by atoms with Gasteiger partial charge < -0.3 is 15.4 Å². The summed E-state index contributed by atoms with van der Waals surface area (Å²) >= 11 is 0. The Morgan fingerprint density at radius 2 is 1.80 bits per heavy atom. The fourth-order valence-corrected chi connectivity index (χ4v) is 3.60. The lowest BCUT2D eigenvalue weighted by molar-refractivity contribution is 0.300. The smallest absolute Gasteiger partial charge is 0.127 e. The fourth-order valence-electron chi connectivity index (χ4n) is 3.60. The van der Waals surface area contributed by atoms with E-state index in [4.69, 9.17) is 4.74 Å². The minimum atomic E-state index is 0.422. The minimum Gasteiger partial charge on any atom is -0.457 e. The molecule has 0 saturated carbocycles. The Morgan fingerprint density at radius 3 is 2.48 bits per heavy atom. The first-order valence-corrected chi connectivity index (χ1v) is 9.57. The summed E-state index contributed by atoms with van der Waals surface area (Å²) in [6.07, 6.45) is 4.76. The van der Waals surface area contributed by atoms with E-state index < -0.39 is 0 Å². The standard InChI is InChI=1S/C22H30N2O/c1-3-7-22(24-19-14-15-23-17(2)16-19)18-10-12-21(13-11-18)25-20-8-5-4-6-9-20/h4-6,8-13,17,19,22-24H,3,7,14-16H2,1-2H3. The summed E-state index contributed by atoms with van der Waals surface area (Å²) in [4.78, 5) is 0. The highest BCUT2D eigenvalue weighted by Gasteiger charge is 2.21. The monoisotopic (exact) mass is 338 g/mol. The summed E-state index contributed by atoms with van der Waals surface area (Å²) < 4.78 is 5.91. The van der Waals surface area contributed by atoms with Crippen molar-refractivity contribution in [1.82, 2.24) is 10.6 Å². The summed E-state index contributed by atoms with van der Waals surface area (Å²) in [5.74, 6) is 1.77. The van der Waals surface area contributed by atoms with Crippen LogP contribution in [0.5, 0.6) is 11.5 Å². The van der Waals surface area contributed by atoms with Crippen LogP contribution in [0, 0.1) is 0 Å². The van der Waals surface area contributed by atoms with Crippen molar-refractivity contribution in [3.05, 3.63) is 60.2 Å². The van der Waals surface area contributed by atoms with Gasteiger partial charge in [0.2, 0.25) is 0 Å². The molecule has 3 nitrogen and oxygen atoms in total. The lowest BCUT2D eigenvalue weighted by Gasteiger charge is -2.32. The van der Waals surface area contributed by atoms with Crippen LogP contribution >= 0.6 is 0 Å². The number of ether oxygens (including phenoxy) is 1. The van der Waals surface area contributed by atoms with Crippen LogP contribution in [-0.2, 0) is 0 Å². The van der Waals surface area contributed by atoms with E-state index in [-0.39, 0.29) is 0 Å². The predicted molar refractivity (Wildman–Crippen MR) is 104 cm³/mol. The molecular formula is C22H30N2O. The van der Waals surface area contributed by atoms with Gasteiger partial charge in [0.05, 0.1) is 0 Å². The molecule has 2 N–H and O–H groups in total. The van der Waals surface area contributed by atoms with Crippen molar-refractivity contribution in [3.8, 4) is 11.5 Å². The summed E-state index contributed by atoms with van der Waals surface area (Å²) in [6.45, 7) is 5.65. The Morgan fingerprint density at radius 1 is 1.08 bits per heavy atom. The molecule has 3 unspecified atom stereocenters. The third-order valence-electron chi connectivity index (χ3n) is 4.90. The van der Waals surface area contributed by atoms with Crippen LogP contribution in [0.4, 0.5) is 0 Å². The number of hydrogen-bond donors (Lipinski definition) is 2. The van der Waals surface area contributed by atoms with Crippen molar-refractivity contribution >= 4 is 0 Å². The van der Waals surface area contributed by atoms with Gasteiger partial charge in [-0.05, 0) is 62.6 Å². The van der Waals surface area contributed by atoms with Crippen LogP contribution in [0.25, 0.3) is 0 Å². The van der Waals surface area contributed by atoms with Crippen molar-refractivity contribution in [3.63, 3.8) is 0 Å². The average Bonchev–Trinajstić information content (AvgIpc) is 2.63. The number of benzene rings is 2. The van der Waals surface area contributed by atoms with Crippen LogP contribution in [0.2, 0.25) is 0 Å². The molecule has 1 saturated heterocycles. The zero-order chi connectivity index (χ0) is 17.5. The highest BCUT2D eigenvalue weighted by Crippen LogP contribution is 2.26. The quantitative estimate of drug-likeness (QED) is 0.741. The first kappa shape index (κ1) is 18.0. The predicted octanol–water partition coefficient (Wildman–Crippen LogP) is 5.05. The van der Waals surface area contributed by atoms with Gasteiger partial charge in [0.1, 0.15) is 11.5 Å². The minimum absolute atomic E-state index is 0.422. The summed E-state index contributed by atoms with van der Waals surface area (Å²) in [5.41, 5.74) is 1.36. The SMILES string of the molecule is CCCC(NC1CCNC(C)C1)c1ccc(Oc2ccccc2)cc1. The zero-order valence-corrected chi connectivity index (χ0v) is 15.4. The number of piperidine rings is 1. The van der Waals surface area contributed by atoms with Gasteiger partial charge in [-0.25, -0.2) is 0 Å². The van der Waals surface area contributed by atoms with Gasteiger partial charge in [0.15, 0.2) is 0 Å². The molecule has 1 aliphatic heterocycles. The molecule has 0 amide bonds. The topological polar surface area (TPSA) is 33.3 Å². The summed E-state index contributed by atoms with van der Waals surface area (Å²) in [5, 5.41) is 7.42. The van der Waals surface area contributed by atoms with Crippen molar-refractivity contribution in [2.45, 2.75) is 57.7 Å². The molecule has 1 fully saturated rings. The van der Waals surface area contributed by atoms with Gasteiger partial charge in [-0.2, -0.15) is 0 Å². The summed E-state index contributed by atoms with van der Waals surface area (Å²) in [7, 11) is 0. The lowest BCUT2D eigenvalue weighted by atomic mass is 9.96. The van der Waals surface area contributed by atoms with Crippen LogP contribution < -0.4 is 15.4 Å². The second-order valence-electron chi connectivity index (χ2n) is 7.07. The van der Waals surface area contributed by atoms with Gasteiger partial charge in [0.25, 0.3) is 0 Å². The largest absolute Gasteiger partial charge is 0.457 e. The van der Waals surface area contributed by atoms with E-state index in [9.17, 15) is 0 Å². The van der Waals surface area contributed by atoms with Crippen LogP contribution in [0.1, 0.15) is 51.1 Å². The first-order chi connectivity index (χ1) is 12.2. The Hall–Kier alpha value is -1.84. The molecule has 0 bridgehead atoms. The molecule has 1 aliphatic rings. The first-order valence-electron chi connectivity index (χ1n) is 9.57. The lowest BCUT2D eigenvalue weighted by Crippen LogP contribution is -2.45. The normalized spacial score (nSPS) is 21.7. The molecule has 134 valence electrons. The second kappa shape index (κ2) is 9.02. The van der Waals surface area contributed by atoms with Gasteiger partial charge in [-0.3, -0.25) is 0 Å². The molecule has 3 heteroatoms. The van der Waals surface area contributed by atoms with E-state index in [0.717, 1.165) is 24.5 Å². The highest BCUT2D eigenvalue weighted by molar-refractivity contribution is 5.34. The van der Waals surface area contributed by atoms with E-state index in [2.05, 4.69) is 48.7 Å². The Labute approximate surface area is 151 Å². The van der Waals surface area contributed by atoms with Crippen molar-refractivity contribution in [2.24, 2.45) is 0 Å². The molecule has 2 aromatic carbocycles. The number of nitrogens with one attached hydrogen (secondary N) is 2. The molecule has 2 aromatic rings. The number of rotatable bonds is 7. The van der Waals surface area contributed by atoms with Crippen molar-refractivity contribution < 1.29 is 4.74 Å². The molecule has 0 aliphatic carbocycles. The van der Waals surface area contributed by atoms with Crippen LogP contribution in [-0.4, -0.2) is 18.6 Å². The molecule has 0 spiro atoms. The van der Waals surface area contributed by atoms with E-state index in [1.54, 1.807) is 0 Å². The molecule has 25 heavy (non-hydrogen) atoms. The van der Waals surface area contributed by atoms with E-state index in [1.807, 2.05) is 30.3 Å². The fraction of sp³-hybridized carbons (Fsp3) is 0.455. The maximum Gasteiger partial charge on any atom is 0.127 e. The molecule has 3 rings (SSSR count). The van der Waals surface area contributed by atoms with Gasteiger partial charge >= 0.3 is 0 Å². The third kappa shape index (κ3) is 5.32. The van der Waals surface area contributed by atoms with Crippen LogP contribution in [0.15, 0.2) is 54.6 Å². The maximum atomic E-state index is 5.91. The molecule has 1 heterocycles. The Kier molecular flexibility index (Phi) is 6.48. The maximum absolute atomic E-state index is 5.91. The molecular weight excluding hydrogens is 308 g/mol. The summed E-state index contributed by atoms with van der Waals surface area (Å²) in [6, 6.07) is 20.1. The van der Waals surface area contributed by atoms with Gasteiger partial charge in [-0.1, -0.05) is 43.7 Å². The molecule has 3 atom stereocenters. The highest BCUT2D eigenvalue weighted by atomic mass is 16.5. The number of hydrogen-bond acceptors (Lipinski definition) is 3. The Balaban J connectivity index is 1.64. The van der Waals surface area contributed by atoms with Gasteiger partial charge in [0, 0.05) is 18.1 Å². The van der Waals surface area contributed by atoms with Gasteiger partial charge in [-0.15, -0.1) is 0 Å². The molecule has 0 radical (unpaired) electrons. The number of para-hydroxylation sites is 1. The average molecular weight is 338 g/mol. The molecule has 0 aromatic heterocycles. The van der Waals surface area contributed by atoms with Crippen LogP contribution in [0.3, 0.4) is 0 Å².